The van der Waals surface area contributed by atoms with Crippen LogP contribution in [0, 0.1) is 5.82 Å². The molecule has 0 saturated carbocycles. The van der Waals surface area contributed by atoms with Gasteiger partial charge in [0, 0.05) is 50.5 Å². The Morgan fingerprint density at radius 3 is 2.42 bits per heavy atom. The quantitative estimate of drug-likeness (QED) is 0.561. The van der Waals surface area contributed by atoms with E-state index in [1.54, 1.807) is 12.1 Å². The molecule has 33 heavy (non-hydrogen) atoms. The van der Waals surface area contributed by atoms with Crippen molar-refractivity contribution in [2.45, 2.75) is 13.0 Å². The molecule has 3 aromatic rings. The van der Waals surface area contributed by atoms with Gasteiger partial charge in [0.1, 0.15) is 11.6 Å². The van der Waals surface area contributed by atoms with Gasteiger partial charge in [-0.05, 0) is 49.4 Å². The van der Waals surface area contributed by atoms with Crippen molar-refractivity contribution in [3.63, 3.8) is 0 Å². The van der Waals surface area contributed by atoms with Crippen molar-refractivity contribution in [2.24, 2.45) is 0 Å². The molecule has 172 valence electrons. The molecule has 1 aromatic heterocycles. The molecule has 0 spiro atoms. The highest BCUT2D eigenvalue weighted by molar-refractivity contribution is 5.89. The number of urea groups is 1. The molecule has 1 unspecified atom stereocenters. The van der Waals surface area contributed by atoms with Gasteiger partial charge in [-0.1, -0.05) is 18.2 Å². The average molecular weight is 450 g/mol. The highest BCUT2D eigenvalue weighted by atomic mass is 19.1. The van der Waals surface area contributed by atoms with Crippen molar-refractivity contribution in [1.29, 1.82) is 0 Å². The van der Waals surface area contributed by atoms with Gasteiger partial charge in [0.15, 0.2) is 0 Å². The van der Waals surface area contributed by atoms with E-state index in [1.165, 1.54) is 36.1 Å². The van der Waals surface area contributed by atoms with Gasteiger partial charge in [0.2, 0.25) is 5.88 Å². The maximum atomic E-state index is 13.0. The second kappa shape index (κ2) is 10.8. The number of pyridine rings is 1. The summed E-state index contributed by atoms with van der Waals surface area (Å²) in [7, 11) is 0. The van der Waals surface area contributed by atoms with Crippen LogP contribution in [0.15, 0.2) is 72.9 Å². The summed E-state index contributed by atoms with van der Waals surface area (Å²) in [6.45, 7) is 6.53. The number of piperazine rings is 1. The summed E-state index contributed by atoms with van der Waals surface area (Å²) in [6.07, 6.45) is 1.52. The first-order valence-corrected chi connectivity index (χ1v) is 11.1. The number of benzene rings is 2. The van der Waals surface area contributed by atoms with Gasteiger partial charge >= 0.3 is 6.03 Å². The largest absolute Gasteiger partial charge is 0.439 e. The van der Waals surface area contributed by atoms with E-state index in [0.29, 0.717) is 23.9 Å². The molecule has 8 heteroatoms. The molecule has 0 aliphatic carbocycles. The third kappa shape index (κ3) is 6.43. The van der Waals surface area contributed by atoms with Crippen molar-refractivity contribution < 1.29 is 13.9 Å². The van der Waals surface area contributed by atoms with Gasteiger partial charge in [-0.2, -0.15) is 0 Å². The van der Waals surface area contributed by atoms with Gasteiger partial charge in [-0.3, -0.25) is 4.90 Å². The van der Waals surface area contributed by atoms with Crippen LogP contribution < -0.4 is 20.3 Å². The van der Waals surface area contributed by atoms with Crippen molar-refractivity contribution in [2.75, 3.05) is 42.9 Å². The SMILES string of the molecule is CC(CNC(=O)Nc1ccc(Oc2ccc(F)cc2)nc1)N1CCN(c2ccccc2)CC1. The second-order valence-electron chi connectivity index (χ2n) is 7.98. The number of carbonyl (C=O) groups excluding carboxylic acids is 1. The first-order chi connectivity index (χ1) is 16.1. The van der Waals surface area contributed by atoms with Crippen molar-refractivity contribution in [3.05, 3.63) is 78.7 Å². The number of hydrogen-bond donors (Lipinski definition) is 2. The lowest BCUT2D eigenvalue weighted by atomic mass is 10.2. The van der Waals surface area contributed by atoms with E-state index in [4.69, 9.17) is 4.74 Å². The molecule has 1 aliphatic heterocycles. The van der Waals surface area contributed by atoms with Crippen LogP contribution in [0.4, 0.5) is 20.6 Å². The smallest absolute Gasteiger partial charge is 0.319 e. The topological polar surface area (TPSA) is 69.7 Å². The number of ether oxygens (including phenoxy) is 1. The zero-order valence-electron chi connectivity index (χ0n) is 18.6. The van der Waals surface area contributed by atoms with Gasteiger partial charge in [0.05, 0.1) is 11.9 Å². The van der Waals surface area contributed by atoms with E-state index in [9.17, 15) is 9.18 Å². The Balaban J connectivity index is 1.19. The lowest BCUT2D eigenvalue weighted by Crippen LogP contribution is -2.52. The fourth-order valence-electron chi connectivity index (χ4n) is 3.74. The Morgan fingerprint density at radius 1 is 1.03 bits per heavy atom. The number of halogens is 1. The fraction of sp³-hybridized carbons (Fsp3) is 0.280. The molecular formula is C25H28FN5O2. The van der Waals surface area contributed by atoms with Crippen molar-refractivity contribution in [3.8, 4) is 11.6 Å². The number of nitrogens with one attached hydrogen (secondary N) is 2. The van der Waals surface area contributed by atoms with Gasteiger partial charge in [-0.15, -0.1) is 0 Å². The van der Waals surface area contributed by atoms with Crippen molar-refractivity contribution >= 4 is 17.4 Å². The molecule has 0 bridgehead atoms. The Hall–Kier alpha value is -3.65. The molecule has 1 saturated heterocycles. The highest BCUT2D eigenvalue weighted by Gasteiger charge is 2.21. The van der Waals surface area contributed by atoms with Crippen LogP contribution in [0.1, 0.15) is 6.92 Å². The number of nitrogens with zero attached hydrogens (tertiary/aromatic N) is 3. The van der Waals surface area contributed by atoms with Crippen LogP contribution in [0.25, 0.3) is 0 Å². The van der Waals surface area contributed by atoms with E-state index in [0.717, 1.165) is 26.2 Å². The van der Waals surface area contributed by atoms with E-state index >= 15 is 0 Å². The lowest BCUT2D eigenvalue weighted by molar-refractivity contribution is 0.192. The highest BCUT2D eigenvalue weighted by Crippen LogP contribution is 2.21. The Kier molecular flexibility index (Phi) is 7.36. The van der Waals surface area contributed by atoms with E-state index in [2.05, 4.69) is 56.6 Å². The van der Waals surface area contributed by atoms with Crippen LogP contribution in [-0.4, -0.2) is 54.7 Å². The molecule has 7 nitrogen and oxygen atoms in total. The minimum Gasteiger partial charge on any atom is -0.439 e. The summed E-state index contributed by atoms with van der Waals surface area (Å²) in [4.78, 5) is 21.3. The lowest BCUT2D eigenvalue weighted by Gasteiger charge is -2.39. The summed E-state index contributed by atoms with van der Waals surface area (Å²) in [5.41, 5.74) is 1.81. The van der Waals surface area contributed by atoms with Crippen LogP contribution in [0.5, 0.6) is 11.6 Å². The van der Waals surface area contributed by atoms with Crippen molar-refractivity contribution in [1.82, 2.24) is 15.2 Å². The molecule has 0 radical (unpaired) electrons. The van der Waals surface area contributed by atoms with Gasteiger partial charge in [0.25, 0.3) is 0 Å². The number of carbonyl (C=O) groups is 1. The second-order valence-corrected chi connectivity index (χ2v) is 7.98. The van der Waals surface area contributed by atoms with E-state index in [-0.39, 0.29) is 17.9 Å². The van der Waals surface area contributed by atoms with Crippen LogP contribution in [-0.2, 0) is 0 Å². The zero-order chi connectivity index (χ0) is 23.0. The van der Waals surface area contributed by atoms with Gasteiger partial charge in [-0.25, -0.2) is 14.2 Å². The molecule has 1 atom stereocenters. The molecular weight excluding hydrogens is 421 g/mol. The first-order valence-electron chi connectivity index (χ1n) is 11.1. The molecule has 2 heterocycles. The van der Waals surface area contributed by atoms with Gasteiger partial charge < -0.3 is 20.3 Å². The predicted molar refractivity (Wildman–Crippen MR) is 127 cm³/mol. The number of anilines is 2. The maximum Gasteiger partial charge on any atom is 0.319 e. The zero-order valence-corrected chi connectivity index (χ0v) is 18.6. The standard InChI is InChI=1S/C25H28FN5O2/c1-19(30-13-15-31(16-14-30)22-5-3-2-4-6-22)17-28-25(32)29-21-9-12-24(27-18-21)33-23-10-7-20(26)8-11-23/h2-12,18-19H,13-17H2,1H3,(H2,28,29,32). The Bertz CT molecular complexity index is 1020. The maximum absolute atomic E-state index is 13.0. The normalized spacial score (nSPS) is 15.0. The third-order valence-corrected chi connectivity index (χ3v) is 5.65. The Morgan fingerprint density at radius 2 is 1.76 bits per heavy atom. The molecule has 2 N–H and O–H groups in total. The molecule has 2 aromatic carbocycles. The van der Waals surface area contributed by atoms with Crippen LogP contribution >= 0.6 is 0 Å². The number of amides is 2. The summed E-state index contributed by atoms with van der Waals surface area (Å²) >= 11 is 0. The minimum atomic E-state index is -0.329. The number of hydrogen-bond acceptors (Lipinski definition) is 5. The molecule has 1 aliphatic rings. The Labute approximate surface area is 193 Å². The summed E-state index contributed by atoms with van der Waals surface area (Å²) in [6, 6.07) is 19.4. The monoisotopic (exact) mass is 449 g/mol. The average Bonchev–Trinajstić information content (AvgIpc) is 2.86. The molecule has 2 amide bonds. The fourth-order valence-corrected chi connectivity index (χ4v) is 3.74. The molecule has 4 rings (SSSR count). The van der Waals surface area contributed by atoms with Crippen LogP contribution in [0.3, 0.4) is 0 Å². The summed E-state index contributed by atoms with van der Waals surface area (Å²) in [5, 5.41) is 5.71. The van der Waals surface area contributed by atoms with Crippen LogP contribution in [0.2, 0.25) is 0 Å². The summed E-state index contributed by atoms with van der Waals surface area (Å²) < 4.78 is 18.5. The first kappa shape index (κ1) is 22.5. The van der Waals surface area contributed by atoms with E-state index < -0.39 is 0 Å². The summed E-state index contributed by atoms with van der Waals surface area (Å²) in [5.74, 6) is 0.515. The number of aromatic nitrogens is 1. The van der Waals surface area contributed by atoms with E-state index in [1.807, 2.05) is 6.07 Å². The predicted octanol–water partition coefficient (Wildman–Crippen LogP) is 4.35. The number of para-hydroxylation sites is 1. The third-order valence-electron chi connectivity index (χ3n) is 5.65. The number of rotatable bonds is 7. The minimum absolute atomic E-state index is 0.235. The molecule has 1 fully saturated rings.